The number of aromatic nitrogens is 1. The van der Waals surface area contributed by atoms with Crippen molar-refractivity contribution in [1.29, 1.82) is 5.26 Å². The van der Waals surface area contributed by atoms with Gasteiger partial charge in [-0.05, 0) is 42.2 Å². The zero-order valence-corrected chi connectivity index (χ0v) is 12.1. The maximum atomic E-state index is 13.3. The van der Waals surface area contributed by atoms with E-state index in [-0.39, 0.29) is 17.5 Å². The smallest absolute Gasteiger partial charge is 0.272 e. The largest absolute Gasteiger partial charge is 0.346 e. The Bertz CT molecular complexity index is 803. The number of hydrogen-bond donors (Lipinski definition) is 2. The van der Waals surface area contributed by atoms with Crippen LogP contribution in [0.25, 0.3) is 0 Å². The molecule has 1 aliphatic carbocycles. The SMILES string of the molecule is Cn1cc2c(c1C(=O)Nc1ccc(F)c(C#N)c1)CCC2N. The molecule has 2 aromatic rings. The summed E-state index contributed by atoms with van der Waals surface area (Å²) < 4.78 is 15.1. The van der Waals surface area contributed by atoms with Crippen LogP contribution in [0.4, 0.5) is 10.1 Å². The van der Waals surface area contributed by atoms with Gasteiger partial charge in [0.2, 0.25) is 0 Å². The van der Waals surface area contributed by atoms with Gasteiger partial charge in [-0.2, -0.15) is 5.26 Å². The van der Waals surface area contributed by atoms with Crippen LogP contribution in [0.5, 0.6) is 0 Å². The summed E-state index contributed by atoms with van der Waals surface area (Å²) >= 11 is 0. The zero-order valence-electron chi connectivity index (χ0n) is 12.1. The number of carbonyl (C=O) groups excluding carboxylic acids is 1. The molecule has 6 heteroatoms. The molecule has 0 saturated carbocycles. The van der Waals surface area contributed by atoms with Gasteiger partial charge in [-0.3, -0.25) is 4.79 Å². The Kier molecular flexibility index (Phi) is 3.43. The van der Waals surface area contributed by atoms with Crippen LogP contribution in [0.2, 0.25) is 0 Å². The van der Waals surface area contributed by atoms with Crippen LogP contribution in [0, 0.1) is 17.1 Å². The Morgan fingerprint density at radius 1 is 1.55 bits per heavy atom. The monoisotopic (exact) mass is 298 g/mol. The first-order valence-corrected chi connectivity index (χ1v) is 6.96. The van der Waals surface area contributed by atoms with Crippen molar-refractivity contribution in [2.24, 2.45) is 12.8 Å². The molecule has 3 N–H and O–H groups in total. The van der Waals surface area contributed by atoms with Crippen molar-refractivity contribution in [1.82, 2.24) is 4.57 Å². The Hall–Kier alpha value is -2.65. The van der Waals surface area contributed by atoms with Gasteiger partial charge < -0.3 is 15.6 Å². The number of anilines is 1. The molecule has 0 radical (unpaired) electrons. The number of nitrogens with zero attached hydrogens (tertiary/aromatic N) is 2. The highest BCUT2D eigenvalue weighted by Crippen LogP contribution is 2.33. The predicted molar refractivity (Wildman–Crippen MR) is 79.7 cm³/mol. The van der Waals surface area contributed by atoms with E-state index in [1.54, 1.807) is 17.7 Å². The molecular formula is C16H15FN4O. The molecule has 22 heavy (non-hydrogen) atoms. The predicted octanol–water partition coefficient (Wildman–Crippen LogP) is 2.23. The molecule has 1 unspecified atom stereocenters. The average Bonchev–Trinajstić information content (AvgIpc) is 3.00. The summed E-state index contributed by atoms with van der Waals surface area (Å²) in [4.78, 5) is 12.5. The summed E-state index contributed by atoms with van der Waals surface area (Å²) in [7, 11) is 1.80. The maximum Gasteiger partial charge on any atom is 0.272 e. The number of benzene rings is 1. The molecule has 5 nitrogen and oxygen atoms in total. The topological polar surface area (TPSA) is 83.8 Å². The van der Waals surface area contributed by atoms with Crippen molar-refractivity contribution in [2.75, 3.05) is 5.32 Å². The zero-order chi connectivity index (χ0) is 15.9. The fraction of sp³-hybridized carbons (Fsp3) is 0.250. The highest BCUT2D eigenvalue weighted by Gasteiger charge is 2.28. The third-order valence-corrected chi connectivity index (χ3v) is 3.98. The van der Waals surface area contributed by atoms with Crippen LogP contribution < -0.4 is 11.1 Å². The van der Waals surface area contributed by atoms with E-state index < -0.39 is 5.82 Å². The highest BCUT2D eigenvalue weighted by molar-refractivity contribution is 6.04. The Labute approximate surface area is 127 Å². The number of aryl methyl sites for hydroxylation is 1. The lowest BCUT2D eigenvalue weighted by Crippen LogP contribution is -2.17. The highest BCUT2D eigenvalue weighted by atomic mass is 19.1. The van der Waals surface area contributed by atoms with Crippen molar-refractivity contribution >= 4 is 11.6 Å². The fourth-order valence-electron chi connectivity index (χ4n) is 2.91. The second kappa shape index (κ2) is 5.28. The molecule has 1 heterocycles. The molecule has 0 aliphatic heterocycles. The molecule has 1 aromatic heterocycles. The van der Waals surface area contributed by atoms with Gasteiger partial charge in [0.25, 0.3) is 5.91 Å². The van der Waals surface area contributed by atoms with Crippen molar-refractivity contribution < 1.29 is 9.18 Å². The van der Waals surface area contributed by atoms with E-state index in [9.17, 15) is 9.18 Å². The first kappa shape index (κ1) is 14.3. The van der Waals surface area contributed by atoms with E-state index >= 15 is 0 Å². The van der Waals surface area contributed by atoms with E-state index in [1.165, 1.54) is 18.2 Å². The van der Waals surface area contributed by atoms with Crippen LogP contribution in [-0.4, -0.2) is 10.5 Å². The lowest BCUT2D eigenvalue weighted by Gasteiger charge is -2.08. The molecule has 3 rings (SSSR count). The first-order chi connectivity index (χ1) is 10.5. The van der Waals surface area contributed by atoms with Crippen LogP contribution in [0.3, 0.4) is 0 Å². The van der Waals surface area contributed by atoms with Gasteiger partial charge in [-0.15, -0.1) is 0 Å². The van der Waals surface area contributed by atoms with E-state index in [4.69, 9.17) is 11.0 Å². The van der Waals surface area contributed by atoms with E-state index in [0.29, 0.717) is 11.4 Å². The summed E-state index contributed by atoms with van der Waals surface area (Å²) in [5.74, 6) is -0.889. The Morgan fingerprint density at radius 3 is 3.05 bits per heavy atom. The molecule has 1 amide bonds. The average molecular weight is 298 g/mol. The number of rotatable bonds is 2. The Morgan fingerprint density at radius 2 is 2.32 bits per heavy atom. The van der Waals surface area contributed by atoms with Crippen molar-refractivity contribution in [3.8, 4) is 6.07 Å². The minimum atomic E-state index is -0.605. The van der Waals surface area contributed by atoms with Gasteiger partial charge in [0.05, 0.1) is 5.56 Å². The number of fused-ring (bicyclic) bond motifs is 1. The van der Waals surface area contributed by atoms with Gasteiger partial charge in [0, 0.05) is 25.0 Å². The minimum Gasteiger partial charge on any atom is -0.346 e. The summed E-state index contributed by atoms with van der Waals surface area (Å²) in [6.07, 6.45) is 3.49. The lowest BCUT2D eigenvalue weighted by atomic mass is 10.1. The van der Waals surface area contributed by atoms with E-state index in [0.717, 1.165) is 24.0 Å². The lowest BCUT2D eigenvalue weighted by molar-refractivity contribution is 0.101. The molecular weight excluding hydrogens is 283 g/mol. The molecule has 112 valence electrons. The second-order valence-electron chi connectivity index (χ2n) is 5.43. The van der Waals surface area contributed by atoms with Crippen LogP contribution in [-0.2, 0) is 13.5 Å². The molecule has 1 atom stereocenters. The number of nitrogens with one attached hydrogen (secondary N) is 1. The van der Waals surface area contributed by atoms with Crippen molar-refractivity contribution in [2.45, 2.75) is 18.9 Å². The third kappa shape index (κ3) is 2.26. The molecule has 0 spiro atoms. The second-order valence-corrected chi connectivity index (χ2v) is 5.43. The fourth-order valence-corrected chi connectivity index (χ4v) is 2.91. The number of nitriles is 1. The number of carbonyl (C=O) groups is 1. The van der Waals surface area contributed by atoms with Gasteiger partial charge >= 0.3 is 0 Å². The van der Waals surface area contributed by atoms with E-state index in [1.807, 2.05) is 6.20 Å². The molecule has 1 aromatic carbocycles. The molecule has 1 aliphatic rings. The van der Waals surface area contributed by atoms with E-state index in [2.05, 4.69) is 5.32 Å². The third-order valence-electron chi connectivity index (χ3n) is 3.98. The van der Waals surface area contributed by atoms with Crippen molar-refractivity contribution in [3.05, 3.63) is 52.6 Å². The van der Waals surface area contributed by atoms with Gasteiger partial charge in [-0.25, -0.2) is 4.39 Å². The number of hydrogen-bond acceptors (Lipinski definition) is 3. The first-order valence-electron chi connectivity index (χ1n) is 6.96. The summed E-state index contributed by atoms with van der Waals surface area (Å²) in [6, 6.07) is 5.65. The van der Waals surface area contributed by atoms with Crippen LogP contribution in [0.15, 0.2) is 24.4 Å². The summed E-state index contributed by atoms with van der Waals surface area (Å²) in [5.41, 5.74) is 8.83. The summed E-state index contributed by atoms with van der Waals surface area (Å²) in [5, 5.41) is 11.6. The maximum absolute atomic E-state index is 13.3. The number of halogens is 1. The Balaban J connectivity index is 1.90. The number of amides is 1. The van der Waals surface area contributed by atoms with Gasteiger partial charge in [0.1, 0.15) is 17.6 Å². The van der Waals surface area contributed by atoms with Crippen LogP contribution >= 0.6 is 0 Å². The van der Waals surface area contributed by atoms with Crippen LogP contribution in [0.1, 0.15) is 39.6 Å². The minimum absolute atomic E-state index is 0.0289. The normalized spacial score (nSPS) is 16.2. The van der Waals surface area contributed by atoms with Crippen molar-refractivity contribution in [3.63, 3.8) is 0 Å². The molecule has 0 saturated heterocycles. The number of nitrogens with two attached hydrogens (primary N) is 1. The standard InChI is InChI=1S/C16H15FN4O/c1-21-8-12-11(3-5-14(12)19)15(21)16(22)20-10-2-4-13(17)9(6-10)7-18/h2,4,6,8,14H,3,5,19H2,1H3,(H,20,22). The molecule has 0 bridgehead atoms. The van der Waals surface area contributed by atoms with Gasteiger partial charge in [0.15, 0.2) is 0 Å². The molecule has 0 fully saturated rings. The van der Waals surface area contributed by atoms with Gasteiger partial charge in [-0.1, -0.05) is 0 Å². The summed E-state index contributed by atoms with van der Waals surface area (Å²) in [6.45, 7) is 0. The quantitative estimate of drug-likeness (QED) is 0.891.